The van der Waals surface area contributed by atoms with Crippen molar-refractivity contribution in [2.75, 3.05) is 11.9 Å². The van der Waals surface area contributed by atoms with E-state index in [2.05, 4.69) is 22.0 Å². The van der Waals surface area contributed by atoms with Crippen LogP contribution in [0.3, 0.4) is 0 Å². The molecule has 6 nitrogen and oxygen atoms in total. The number of carbonyl (C=O) groups is 1. The van der Waals surface area contributed by atoms with Crippen molar-refractivity contribution in [2.45, 2.75) is 13.0 Å². The third kappa shape index (κ3) is 3.52. The lowest BCUT2D eigenvalue weighted by Crippen LogP contribution is -2.27. The van der Waals surface area contributed by atoms with Crippen LogP contribution >= 0.6 is 0 Å². The molecular formula is C14H16N4O2. The molecule has 2 aromatic rings. The van der Waals surface area contributed by atoms with Gasteiger partial charge >= 0.3 is 0 Å². The fourth-order valence-electron chi connectivity index (χ4n) is 1.53. The summed E-state index contributed by atoms with van der Waals surface area (Å²) >= 11 is 0. The van der Waals surface area contributed by atoms with Crippen molar-refractivity contribution in [1.82, 2.24) is 14.8 Å². The summed E-state index contributed by atoms with van der Waals surface area (Å²) in [7, 11) is 0. The fourth-order valence-corrected chi connectivity index (χ4v) is 1.53. The second-order valence-corrected chi connectivity index (χ2v) is 4.11. The molecule has 104 valence electrons. The fraction of sp³-hybridized carbons (Fsp3) is 0.214. The average molecular weight is 272 g/mol. The van der Waals surface area contributed by atoms with E-state index in [0.29, 0.717) is 18.1 Å². The van der Waals surface area contributed by atoms with Crippen LogP contribution in [0.4, 0.5) is 5.69 Å². The Hall–Kier alpha value is -2.47. The summed E-state index contributed by atoms with van der Waals surface area (Å²) < 4.78 is 6.88. The zero-order chi connectivity index (χ0) is 14.4. The standard InChI is InChI=1S/C14H16N4O2/c1-3-9-20-11(2)14(19)17-12-5-6-13(15-10-12)18-8-4-7-16-18/h3-8,10-11H,1,9H2,2H3,(H,17,19)/t11-/m0/s1. The van der Waals surface area contributed by atoms with Crippen LogP contribution in [0.15, 0.2) is 49.4 Å². The highest BCUT2D eigenvalue weighted by molar-refractivity contribution is 5.93. The molecule has 0 radical (unpaired) electrons. The topological polar surface area (TPSA) is 69.0 Å². The summed E-state index contributed by atoms with van der Waals surface area (Å²) in [5, 5.41) is 6.81. The van der Waals surface area contributed by atoms with Crippen LogP contribution in [0.25, 0.3) is 5.82 Å². The summed E-state index contributed by atoms with van der Waals surface area (Å²) in [6.07, 6.45) is 6.11. The number of nitrogens with zero attached hydrogens (tertiary/aromatic N) is 3. The van der Waals surface area contributed by atoms with Gasteiger partial charge in [-0.3, -0.25) is 4.79 Å². The molecule has 1 atom stereocenters. The number of aromatic nitrogens is 3. The van der Waals surface area contributed by atoms with Crippen LogP contribution in [-0.4, -0.2) is 33.4 Å². The lowest BCUT2D eigenvalue weighted by atomic mass is 10.3. The molecule has 0 saturated carbocycles. The minimum Gasteiger partial charge on any atom is -0.365 e. The summed E-state index contributed by atoms with van der Waals surface area (Å²) in [5.41, 5.74) is 0.611. The molecule has 20 heavy (non-hydrogen) atoms. The Morgan fingerprint density at radius 3 is 3.05 bits per heavy atom. The first-order valence-electron chi connectivity index (χ1n) is 6.20. The zero-order valence-corrected chi connectivity index (χ0v) is 11.2. The Labute approximate surface area is 117 Å². The van der Waals surface area contributed by atoms with Crippen LogP contribution in [0, 0.1) is 0 Å². The van der Waals surface area contributed by atoms with Gasteiger partial charge < -0.3 is 10.1 Å². The highest BCUT2D eigenvalue weighted by Crippen LogP contribution is 2.09. The largest absolute Gasteiger partial charge is 0.365 e. The van der Waals surface area contributed by atoms with Gasteiger partial charge in [-0.15, -0.1) is 6.58 Å². The van der Waals surface area contributed by atoms with Gasteiger partial charge in [0, 0.05) is 12.4 Å². The molecule has 1 amide bonds. The second-order valence-electron chi connectivity index (χ2n) is 4.11. The van der Waals surface area contributed by atoms with Crippen LogP contribution in [-0.2, 0) is 9.53 Å². The molecule has 0 bridgehead atoms. The van der Waals surface area contributed by atoms with Crippen LogP contribution < -0.4 is 5.32 Å². The molecule has 2 heterocycles. The highest BCUT2D eigenvalue weighted by Gasteiger charge is 2.12. The zero-order valence-electron chi connectivity index (χ0n) is 11.2. The summed E-state index contributed by atoms with van der Waals surface area (Å²) in [4.78, 5) is 16.0. The Kier molecular flexibility index (Phi) is 4.62. The molecule has 2 rings (SSSR count). The van der Waals surface area contributed by atoms with Crippen molar-refractivity contribution in [3.8, 4) is 5.82 Å². The molecule has 0 saturated heterocycles. The number of pyridine rings is 1. The minimum atomic E-state index is -0.543. The maximum absolute atomic E-state index is 11.8. The van der Waals surface area contributed by atoms with Gasteiger partial charge in [0.15, 0.2) is 5.82 Å². The van der Waals surface area contributed by atoms with Crippen molar-refractivity contribution in [2.24, 2.45) is 0 Å². The molecule has 0 aromatic carbocycles. The Morgan fingerprint density at radius 2 is 2.45 bits per heavy atom. The third-order valence-electron chi connectivity index (χ3n) is 2.59. The molecule has 0 fully saturated rings. The lowest BCUT2D eigenvalue weighted by molar-refractivity contribution is -0.125. The maximum atomic E-state index is 11.8. The second kappa shape index (κ2) is 6.63. The molecule has 0 aliphatic heterocycles. The number of nitrogens with one attached hydrogen (secondary N) is 1. The van der Waals surface area contributed by atoms with Crippen molar-refractivity contribution < 1.29 is 9.53 Å². The van der Waals surface area contributed by atoms with E-state index in [4.69, 9.17) is 4.74 Å². The SMILES string of the molecule is C=CCO[C@@H](C)C(=O)Nc1ccc(-n2cccn2)nc1. The van der Waals surface area contributed by atoms with Crippen LogP contribution in [0.2, 0.25) is 0 Å². The average Bonchev–Trinajstić information content (AvgIpc) is 2.99. The first-order chi connectivity index (χ1) is 9.70. The van der Waals surface area contributed by atoms with Gasteiger partial charge in [-0.25, -0.2) is 9.67 Å². The van der Waals surface area contributed by atoms with Gasteiger partial charge in [0.25, 0.3) is 5.91 Å². The van der Waals surface area contributed by atoms with E-state index >= 15 is 0 Å². The van der Waals surface area contributed by atoms with Gasteiger partial charge in [-0.1, -0.05) is 6.08 Å². The summed E-state index contributed by atoms with van der Waals surface area (Å²) in [6, 6.07) is 5.36. The normalized spacial score (nSPS) is 11.8. The van der Waals surface area contributed by atoms with Crippen molar-refractivity contribution >= 4 is 11.6 Å². The molecule has 2 aromatic heterocycles. The van der Waals surface area contributed by atoms with Gasteiger partial charge in [0.1, 0.15) is 6.10 Å². The summed E-state index contributed by atoms with van der Waals surface area (Å²) in [6.45, 7) is 5.56. The Balaban J connectivity index is 1.97. The predicted molar refractivity (Wildman–Crippen MR) is 75.6 cm³/mol. The molecule has 6 heteroatoms. The number of ether oxygens (including phenoxy) is 1. The maximum Gasteiger partial charge on any atom is 0.253 e. The molecule has 0 unspecified atom stereocenters. The lowest BCUT2D eigenvalue weighted by Gasteiger charge is -2.12. The quantitative estimate of drug-likeness (QED) is 0.814. The van der Waals surface area contributed by atoms with Crippen LogP contribution in [0.5, 0.6) is 0 Å². The van der Waals surface area contributed by atoms with E-state index in [9.17, 15) is 4.79 Å². The first-order valence-corrected chi connectivity index (χ1v) is 6.20. The smallest absolute Gasteiger partial charge is 0.253 e. The van der Waals surface area contributed by atoms with Crippen molar-refractivity contribution in [3.05, 3.63) is 49.4 Å². The third-order valence-corrected chi connectivity index (χ3v) is 2.59. The molecule has 0 aliphatic rings. The molecular weight excluding hydrogens is 256 g/mol. The van der Waals surface area contributed by atoms with Crippen LogP contribution in [0.1, 0.15) is 6.92 Å². The Bertz CT molecular complexity index is 563. The monoisotopic (exact) mass is 272 g/mol. The number of anilines is 1. The van der Waals surface area contributed by atoms with E-state index in [1.165, 1.54) is 0 Å². The molecule has 0 aliphatic carbocycles. The Morgan fingerprint density at radius 1 is 1.60 bits per heavy atom. The number of hydrogen-bond donors (Lipinski definition) is 1. The number of carbonyl (C=O) groups excluding carboxylic acids is 1. The van der Waals surface area contributed by atoms with Gasteiger partial charge in [-0.05, 0) is 25.1 Å². The number of amides is 1. The summed E-state index contributed by atoms with van der Waals surface area (Å²) in [5.74, 6) is 0.462. The van der Waals surface area contributed by atoms with E-state index in [0.717, 1.165) is 0 Å². The van der Waals surface area contributed by atoms with E-state index < -0.39 is 6.10 Å². The van der Waals surface area contributed by atoms with E-state index in [1.54, 1.807) is 48.4 Å². The van der Waals surface area contributed by atoms with Gasteiger partial charge in [-0.2, -0.15) is 5.10 Å². The number of hydrogen-bond acceptors (Lipinski definition) is 4. The molecule has 1 N–H and O–H groups in total. The molecule has 0 spiro atoms. The van der Waals surface area contributed by atoms with E-state index in [-0.39, 0.29) is 5.91 Å². The van der Waals surface area contributed by atoms with Gasteiger partial charge in [0.2, 0.25) is 0 Å². The predicted octanol–water partition coefficient (Wildman–Crippen LogP) is 1.80. The van der Waals surface area contributed by atoms with Crippen molar-refractivity contribution in [1.29, 1.82) is 0 Å². The highest BCUT2D eigenvalue weighted by atomic mass is 16.5. The number of rotatable bonds is 6. The van der Waals surface area contributed by atoms with Crippen molar-refractivity contribution in [3.63, 3.8) is 0 Å². The van der Waals surface area contributed by atoms with E-state index in [1.807, 2.05) is 6.07 Å². The van der Waals surface area contributed by atoms with Gasteiger partial charge in [0.05, 0.1) is 18.5 Å². The minimum absolute atomic E-state index is 0.222. The first kappa shape index (κ1) is 14.0.